The van der Waals surface area contributed by atoms with Gasteiger partial charge in [0.05, 0.1) is 6.04 Å². The van der Waals surface area contributed by atoms with E-state index in [1.807, 2.05) is 0 Å². The van der Waals surface area contributed by atoms with E-state index in [4.69, 9.17) is 5.73 Å². The van der Waals surface area contributed by atoms with Crippen LogP contribution >= 0.6 is 11.8 Å². The molecule has 1 radical (unpaired) electrons. The second-order valence-corrected chi connectivity index (χ2v) is 2.67. The maximum Gasteiger partial charge on any atom is 0.256 e. The third-order valence-corrected chi connectivity index (χ3v) is 1.97. The number of hydrogen-bond donors (Lipinski definition) is 1. The lowest BCUT2D eigenvalue weighted by Gasteiger charge is -1.98. The predicted molar refractivity (Wildman–Crippen MR) is 32.4 cm³/mol. The van der Waals surface area contributed by atoms with Crippen LogP contribution in [0.5, 0.6) is 0 Å². The van der Waals surface area contributed by atoms with Crippen LogP contribution in [0.1, 0.15) is 0 Å². The summed E-state index contributed by atoms with van der Waals surface area (Å²) < 4.78 is 0. The summed E-state index contributed by atoms with van der Waals surface area (Å²) in [5.74, 6) is 1.09. The van der Waals surface area contributed by atoms with E-state index in [0.717, 1.165) is 11.6 Å². The predicted octanol–water partition coefficient (Wildman–Crippen LogP) is -0.542. The van der Waals surface area contributed by atoms with Crippen molar-refractivity contribution in [3.63, 3.8) is 0 Å². The van der Waals surface area contributed by atoms with Crippen molar-refractivity contribution >= 4 is 17.7 Å². The summed E-state index contributed by atoms with van der Waals surface area (Å²) in [5, 5.41) is 2.88. The average Bonchev–Trinajstić information content (AvgIpc) is 2.12. The summed E-state index contributed by atoms with van der Waals surface area (Å²) in [6.45, 7) is 0. The van der Waals surface area contributed by atoms with Crippen molar-refractivity contribution in [2.75, 3.05) is 11.6 Å². The molecule has 0 saturated carbocycles. The molecular weight excluding hydrogens is 124 g/mol. The van der Waals surface area contributed by atoms with Gasteiger partial charge in [0.15, 0.2) is 0 Å². The van der Waals surface area contributed by atoms with Gasteiger partial charge in [0, 0.05) is 11.6 Å². The Bertz CT molecular complexity index is 100. The Hall–Kier alpha value is -0.220. The second kappa shape index (κ2) is 2.37. The molecule has 0 unspecified atom stereocenters. The molecular formula is C4H7N2OS. The van der Waals surface area contributed by atoms with Crippen molar-refractivity contribution in [1.82, 2.24) is 11.1 Å². The van der Waals surface area contributed by atoms with Crippen molar-refractivity contribution in [1.29, 1.82) is 0 Å². The highest BCUT2D eigenvalue weighted by Gasteiger charge is 2.19. The molecule has 8 heavy (non-hydrogen) atoms. The number of hydrogen-bond acceptors (Lipinski definition) is 3. The topological polar surface area (TPSA) is 52.9 Å². The highest BCUT2D eigenvalue weighted by Crippen LogP contribution is 2.08. The Morgan fingerprint density at radius 1 is 1.88 bits per heavy atom. The fourth-order valence-corrected chi connectivity index (χ4v) is 1.51. The normalized spacial score (nSPS) is 28.2. The smallest absolute Gasteiger partial charge is 0.256 e. The molecule has 3 nitrogen and oxygen atoms in total. The molecule has 0 spiro atoms. The van der Waals surface area contributed by atoms with E-state index in [9.17, 15) is 4.79 Å². The molecule has 1 aliphatic rings. The van der Waals surface area contributed by atoms with Gasteiger partial charge in [-0.1, -0.05) is 0 Å². The maximum atomic E-state index is 10.2. The number of rotatable bonds is 1. The van der Waals surface area contributed by atoms with Crippen LogP contribution in [-0.4, -0.2) is 23.6 Å². The van der Waals surface area contributed by atoms with Crippen LogP contribution in [0.15, 0.2) is 0 Å². The molecule has 1 atom stereocenters. The van der Waals surface area contributed by atoms with Gasteiger partial charge in [0.25, 0.3) is 5.91 Å². The van der Waals surface area contributed by atoms with Crippen LogP contribution < -0.4 is 11.1 Å². The monoisotopic (exact) mass is 131 g/mol. The largest absolute Gasteiger partial charge is 0.296 e. The first-order chi connectivity index (χ1) is 3.80. The molecule has 1 saturated heterocycles. The fourth-order valence-electron chi connectivity index (χ4n) is 0.564. The minimum absolute atomic E-state index is 0.194. The van der Waals surface area contributed by atoms with E-state index in [-0.39, 0.29) is 6.04 Å². The Morgan fingerprint density at radius 2 is 2.62 bits per heavy atom. The molecule has 1 heterocycles. The summed E-state index contributed by atoms with van der Waals surface area (Å²) in [6, 6.07) is -0.194. The van der Waals surface area contributed by atoms with Crippen LogP contribution in [0.2, 0.25) is 0 Å². The second-order valence-electron chi connectivity index (χ2n) is 1.64. The lowest BCUT2D eigenvalue weighted by Crippen LogP contribution is -2.33. The van der Waals surface area contributed by atoms with E-state index < -0.39 is 5.91 Å². The molecule has 0 aromatic carbocycles. The molecule has 1 amide bonds. The van der Waals surface area contributed by atoms with Crippen LogP contribution in [0.4, 0.5) is 0 Å². The van der Waals surface area contributed by atoms with Crippen molar-refractivity contribution in [2.24, 2.45) is 0 Å². The van der Waals surface area contributed by atoms with Crippen LogP contribution in [0.3, 0.4) is 0 Å². The van der Waals surface area contributed by atoms with Crippen molar-refractivity contribution in [3.8, 4) is 0 Å². The van der Waals surface area contributed by atoms with Crippen molar-refractivity contribution in [3.05, 3.63) is 0 Å². The summed E-state index contributed by atoms with van der Waals surface area (Å²) in [7, 11) is 0. The molecule has 1 rings (SSSR count). The standard InChI is InChI=1S/C4H7N2OS/c5-4(7)3-1-8-2-6-3/h3,5-6H,1-2H2/t3-/m0/s1. The number of carbonyl (C=O) groups excluding carboxylic acids is 1. The van der Waals surface area contributed by atoms with E-state index in [1.165, 1.54) is 0 Å². The molecule has 4 heteroatoms. The summed E-state index contributed by atoms with van der Waals surface area (Å²) in [6.07, 6.45) is 0. The fraction of sp³-hybridized carbons (Fsp3) is 0.750. The van der Waals surface area contributed by atoms with Gasteiger partial charge in [-0.3, -0.25) is 15.8 Å². The number of thioether (sulfide) groups is 1. The van der Waals surface area contributed by atoms with Crippen LogP contribution in [0, 0.1) is 0 Å². The van der Waals surface area contributed by atoms with Gasteiger partial charge in [-0.2, -0.15) is 0 Å². The Morgan fingerprint density at radius 3 is 2.88 bits per heavy atom. The van der Waals surface area contributed by atoms with E-state index in [2.05, 4.69) is 5.32 Å². The van der Waals surface area contributed by atoms with E-state index in [1.54, 1.807) is 11.8 Å². The zero-order chi connectivity index (χ0) is 5.98. The molecule has 2 N–H and O–H groups in total. The third kappa shape index (κ3) is 1.14. The summed E-state index contributed by atoms with van der Waals surface area (Å²) in [5.41, 5.74) is 6.66. The summed E-state index contributed by atoms with van der Waals surface area (Å²) >= 11 is 1.66. The lowest BCUT2D eigenvalue weighted by molar-refractivity contribution is -0.119. The lowest BCUT2D eigenvalue weighted by atomic mass is 10.3. The first kappa shape index (κ1) is 5.91. The zero-order valence-corrected chi connectivity index (χ0v) is 5.12. The third-order valence-electron chi connectivity index (χ3n) is 1.03. The number of carbonyl (C=O) groups is 1. The Kier molecular flexibility index (Phi) is 1.75. The highest BCUT2D eigenvalue weighted by atomic mass is 32.2. The molecule has 45 valence electrons. The average molecular weight is 131 g/mol. The van der Waals surface area contributed by atoms with Gasteiger partial charge in [-0.15, -0.1) is 11.8 Å². The van der Waals surface area contributed by atoms with Crippen molar-refractivity contribution in [2.45, 2.75) is 6.04 Å². The first-order valence-electron chi connectivity index (χ1n) is 2.37. The molecule has 0 bridgehead atoms. The van der Waals surface area contributed by atoms with Gasteiger partial charge in [0.1, 0.15) is 0 Å². The number of amides is 1. The summed E-state index contributed by atoms with van der Waals surface area (Å²) in [4.78, 5) is 10.2. The maximum absolute atomic E-state index is 10.2. The van der Waals surface area contributed by atoms with E-state index >= 15 is 0 Å². The van der Waals surface area contributed by atoms with Gasteiger partial charge in [-0.25, -0.2) is 0 Å². The van der Waals surface area contributed by atoms with Gasteiger partial charge in [-0.05, 0) is 0 Å². The van der Waals surface area contributed by atoms with Gasteiger partial charge in [0.2, 0.25) is 0 Å². The van der Waals surface area contributed by atoms with Crippen LogP contribution in [0.25, 0.3) is 0 Å². The van der Waals surface area contributed by atoms with E-state index in [0.29, 0.717) is 0 Å². The Balaban J connectivity index is 2.35. The SMILES string of the molecule is [NH]C(=O)[C@@H]1CSCN1. The Labute approximate surface area is 52.0 Å². The quantitative estimate of drug-likeness (QED) is 0.520. The first-order valence-corrected chi connectivity index (χ1v) is 3.53. The molecule has 1 fully saturated rings. The van der Waals surface area contributed by atoms with Gasteiger partial charge < -0.3 is 0 Å². The minimum atomic E-state index is -0.491. The zero-order valence-electron chi connectivity index (χ0n) is 4.31. The van der Waals surface area contributed by atoms with Crippen LogP contribution in [-0.2, 0) is 4.79 Å². The van der Waals surface area contributed by atoms with Gasteiger partial charge >= 0.3 is 0 Å². The highest BCUT2D eigenvalue weighted by molar-refractivity contribution is 7.99. The molecule has 1 aliphatic heterocycles. The minimum Gasteiger partial charge on any atom is -0.296 e. The molecule has 0 aliphatic carbocycles. The molecule has 0 aromatic rings. The van der Waals surface area contributed by atoms with Crippen molar-refractivity contribution < 1.29 is 4.79 Å². The molecule has 0 aromatic heterocycles. The number of nitrogens with one attached hydrogen (secondary N) is 2.